The maximum Gasteiger partial charge on any atom is 0.458 e. The zero-order valence-corrected chi connectivity index (χ0v) is 15.1. The maximum atomic E-state index is 11.8. The van der Waals surface area contributed by atoms with Crippen LogP contribution in [-0.2, 0) is 18.8 Å². The van der Waals surface area contributed by atoms with E-state index in [-0.39, 0.29) is 36.6 Å². The molecule has 1 heterocycles. The van der Waals surface area contributed by atoms with Crippen molar-refractivity contribution in [2.24, 2.45) is 0 Å². The van der Waals surface area contributed by atoms with Crippen LogP contribution in [0.1, 0.15) is 45.6 Å². The van der Waals surface area contributed by atoms with Gasteiger partial charge in [0.1, 0.15) is 0 Å². The van der Waals surface area contributed by atoms with E-state index in [9.17, 15) is 4.79 Å². The second-order valence-electron chi connectivity index (χ2n) is 6.95. The van der Waals surface area contributed by atoms with Gasteiger partial charge >= 0.3 is 13.1 Å². The van der Waals surface area contributed by atoms with E-state index in [2.05, 4.69) is 0 Å². The third-order valence-corrected chi connectivity index (χ3v) is 5.01. The van der Waals surface area contributed by atoms with Crippen LogP contribution in [0.25, 0.3) is 0 Å². The quantitative estimate of drug-likeness (QED) is 0.599. The third kappa shape index (κ3) is 4.28. The molecule has 6 heteroatoms. The van der Waals surface area contributed by atoms with Crippen LogP contribution in [0.3, 0.4) is 0 Å². The monoisotopic (exact) mass is 338 g/mol. The van der Waals surface area contributed by atoms with E-state index >= 15 is 0 Å². The van der Waals surface area contributed by atoms with Gasteiger partial charge < -0.3 is 14.0 Å². The molecule has 126 valence electrons. The lowest BCUT2D eigenvalue weighted by Crippen LogP contribution is -2.41. The summed E-state index contributed by atoms with van der Waals surface area (Å²) in [6, 6.07) is 7.51. The van der Waals surface area contributed by atoms with Crippen molar-refractivity contribution in [1.82, 2.24) is 0 Å². The Hall–Kier alpha value is -1.04. The molecule has 0 radical (unpaired) electrons. The number of hydrogen-bond donors (Lipinski definition) is 0. The van der Waals surface area contributed by atoms with Gasteiger partial charge in [0.2, 0.25) is 0 Å². The Labute approximate surface area is 143 Å². The highest BCUT2D eigenvalue weighted by atomic mass is 35.5. The number of carbonyl (C=O) groups is 1. The average molecular weight is 339 g/mol. The standard InChI is InChI=1S/C17H24BClO4/c1-16(2)17(3,4)23-18(22-16)11-13(10-15(20)21-5)12-6-8-14(19)9-7-12/h6-9,13H,10-11H2,1-5H3. The Morgan fingerprint density at radius 2 is 1.70 bits per heavy atom. The molecule has 0 bridgehead atoms. The second-order valence-corrected chi connectivity index (χ2v) is 7.39. The molecule has 0 saturated carbocycles. The summed E-state index contributed by atoms with van der Waals surface area (Å²) >= 11 is 5.95. The minimum Gasteiger partial charge on any atom is -0.469 e. The van der Waals surface area contributed by atoms with Gasteiger partial charge in [0, 0.05) is 5.02 Å². The lowest BCUT2D eigenvalue weighted by Gasteiger charge is -2.32. The molecule has 1 aromatic carbocycles. The van der Waals surface area contributed by atoms with Crippen molar-refractivity contribution in [3.8, 4) is 0 Å². The number of rotatable bonds is 5. The van der Waals surface area contributed by atoms with E-state index < -0.39 is 0 Å². The number of carbonyl (C=O) groups excluding carboxylic acids is 1. The minimum atomic E-state index is -0.381. The molecule has 0 aromatic heterocycles. The molecule has 1 aromatic rings. The minimum absolute atomic E-state index is 0.0468. The van der Waals surface area contributed by atoms with Crippen LogP contribution in [0, 0.1) is 0 Å². The van der Waals surface area contributed by atoms with Gasteiger partial charge in [-0.05, 0) is 57.6 Å². The number of halogens is 1. The molecule has 1 saturated heterocycles. The van der Waals surface area contributed by atoms with Gasteiger partial charge in [0.15, 0.2) is 0 Å². The molecule has 2 rings (SSSR count). The Balaban J connectivity index is 2.15. The van der Waals surface area contributed by atoms with Crippen LogP contribution in [0.15, 0.2) is 24.3 Å². The molecule has 1 atom stereocenters. The molecule has 0 amide bonds. The SMILES string of the molecule is COC(=O)CC(CB1OC(C)(C)C(C)(C)O1)c1ccc(Cl)cc1. The first kappa shape index (κ1) is 18.3. The van der Waals surface area contributed by atoms with Crippen molar-refractivity contribution in [1.29, 1.82) is 0 Å². The number of ether oxygens (including phenoxy) is 1. The molecule has 1 fully saturated rings. The smallest absolute Gasteiger partial charge is 0.458 e. The number of benzene rings is 1. The first-order valence-corrected chi connectivity index (χ1v) is 8.20. The Bertz CT molecular complexity index is 540. The molecule has 4 nitrogen and oxygen atoms in total. The van der Waals surface area contributed by atoms with Crippen LogP contribution in [0.4, 0.5) is 0 Å². The van der Waals surface area contributed by atoms with Crippen molar-refractivity contribution < 1.29 is 18.8 Å². The van der Waals surface area contributed by atoms with Crippen LogP contribution in [0.5, 0.6) is 0 Å². The van der Waals surface area contributed by atoms with E-state index in [1.54, 1.807) is 0 Å². The summed E-state index contributed by atoms with van der Waals surface area (Å²) in [7, 11) is 1.04. The summed E-state index contributed by atoms with van der Waals surface area (Å²) in [5, 5.41) is 0.668. The zero-order valence-electron chi connectivity index (χ0n) is 14.4. The summed E-state index contributed by atoms with van der Waals surface area (Å²) in [5.74, 6) is -0.295. The van der Waals surface area contributed by atoms with Gasteiger partial charge in [-0.1, -0.05) is 23.7 Å². The number of hydrogen-bond acceptors (Lipinski definition) is 4. The summed E-state index contributed by atoms with van der Waals surface area (Å²) < 4.78 is 16.9. The van der Waals surface area contributed by atoms with Gasteiger partial charge in [-0.25, -0.2) is 0 Å². The molecular weight excluding hydrogens is 314 g/mol. The molecule has 1 unspecified atom stereocenters. The lowest BCUT2D eigenvalue weighted by atomic mass is 9.73. The van der Waals surface area contributed by atoms with Crippen molar-refractivity contribution in [3.05, 3.63) is 34.9 Å². The predicted molar refractivity (Wildman–Crippen MR) is 91.7 cm³/mol. The summed E-state index contributed by atoms with van der Waals surface area (Å²) in [5.41, 5.74) is 0.260. The first-order valence-electron chi connectivity index (χ1n) is 7.82. The highest BCUT2D eigenvalue weighted by Crippen LogP contribution is 2.40. The normalized spacial score (nSPS) is 20.3. The van der Waals surface area contributed by atoms with Gasteiger partial charge in [0.25, 0.3) is 0 Å². The van der Waals surface area contributed by atoms with Gasteiger partial charge in [0.05, 0.1) is 24.7 Å². The van der Waals surface area contributed by atoms with Crippen LogP contribution >= 0.6 is 11.6 Å². The molecular formula is C17H24BClO4. The Morgan fingerprint density at radius 1 is 1.17 bits per heavy atom. The van der Waals surface area contributed by atoms with E-state index in [1.807, 2.05) is 52.0 Å². The van der Waals surface area contributed by atoms with Crippen molar-refractivity contribution in [3.63, 3.8) is 0 Å². The largest absolute Gasteiger partial charge is 0.469 e. The molecule has 23 heavy (non-hydrogen) atoms. The zero-order chi connectivity index (χ0) is 17.3. The Kier molecular flexibility index (Phi) is 5.44. The summed E-state index contributed by atoms with van der Waals surface area (Å²) in [4.78, 5) is 11.8. The molecule has 0 N–H and O–H groups in total. The second kappa shape index (κ2) is 6.84. The van der Waals surface area contributed by atoms with E-state index in [0.717, 1.165) is 5.56 Å². The lowest BCUT2D eigenvalue weighted by molar-refractivity contribution is -0.141. The van der Waals surface area contributed by atoms with Gasteiger partial charge in [-0.15, -0.1) is 0 Å². The highest BCUT2D eigenvalue weighted by Gasteiger charge is 2.51. The van der Waals surface area contributed by atoms with E-state index in [4.69, 9.17) is 25.6 Å². The maximum absolute atomic E-state index is 11.8. The Morgan fingerprint density at radius 3 is 2.17 bits per heavy atom. The fraction of sp³-hybridized carbons (Fsp3) is 0.588. The topological polar surface area (TPSA) is 44.8 Å². The summed E-state index contributed by atoms with van der Waals surface area (Å²) in [6.07, 6.45) is 0.867. The molecule has 1 aliphatic rings. The van der Waals surface area contributed by atoms with Crippen molar-refractivity contribution in [2.75, 3.05) is 7.11 Å². The molecule has 1 aliphatic heterocycles. The van der Waals surface area contributed by atoms with Crippen LogP contribution < -0.4 is 0 Å². The molecule has 0 spiro atoms. The predicted octanol–water partition coefficient (Wildman–Crippen LogP) is 4.08. The fourth-order valence-electron chi connectivity index (χ4n) is 2.65. The molecule has 0 aliphatic carbocycles. The first-order chi connectivity index (χ1) is 10.6. The number of esters is 1. The van der Waals surface area contributed by atoms with Crippen molar-refractivity contribution >= 4 is 24.7 Å². The number of methoxy groups -OCH3 is 1. The van der Waals surface area contributed by atoms with E-state index in [1.165, 1.54) is 7.11 Å². The summed E-state index contributed by atoms with van der Waals surface area (Å²) in [6.45, 7) is 8.07. The van der Waals surface area contributed by atoms with Gasteiger partial charge in [-0.3, -0.25) is 4.79 Å². The van der Waals surface area contributed by atoms with Crippen molar-refractivity contribution in [2.45, 2.75) is 57.6 Å². The van der Waals surface area contributed by atoms with Crippen LogP contribution in [0.2, 0.25) is 11.3 Å². The average Bonchev–Trinajstić information content (AvgIpc) is 2.66. The van der Waals surface area contributed by atoms with Gasteiger partial charge in [-0.2, -0.15) is 0 Å². The fourth-order valence-corrected chi connectivity index (χ4v) is 2.78. The third-order valence-electron chi connectivity index (χ3n) is 4.76. The van der Waals surface area contributed by atoms with Crippen LogP contribution in [-0.4, -0.2) is 31.4 Å². The highest BCUT2D eigenvalue weighted by molar-refractivity contribution is 6.45. The van der Waals surface area contributed by atoms with E-state index in [0.29, 0.717) is 11.3 Å².